The third-order valence-corrected chi connectivity index (χ3v) is 4.27. The monoisotopic (exact) mass is 335 g/mol. The number of allylic oxidation sites excluding steroid dienone is 1. The van der Waals surface area contributed by atoms with Crippen LogP contribution in [0.5, 0.6) is 0 Å². The molecule has 1 aliphatic rings. The van der Waals surface area contributed by atoms with Gasteiger partial charge in [0.05, 0.1) is 0 Å². The van der Waals surface area contributed by atoms with Crippen LogP contribution < -0.4 is 11.1 Å². The lowest BCUT2D eigenvalue weighted by Gasteiger charge is -2.30. The van der Waals surface area contributed by atoms with Crippen LogP contribution in [0.1, 0.15) is 31.7 Å². The van der Waals surface area contributed by atoms with Crippen molar-refractivity contribution in [3.63, 3.8) is 0 Å². The number of nitrogens with two attached hydrogens (primary N) is 1. The van der Waals surface area contributed by atoms with E-state index < -0.39 is 6.03 Å². The van der Waals surface area contributed by atoms with Crippen molar-refractivity contribution >= 4 is 29.1 Å². The Morgan fingerprint density at radius 1 is 1.39 bits per heavy atom. The molecular weight excluding hydrogens is 314 g/mol. The minimum atomic E-state index is -0.399. The van der Waals surface area contributed by atoms with E-state index in [-0.39, 0.29) is 11.9 Å². The largest absolute Gasteiger partial charge is 0.351 e. The molecule has 2 rings (SSSR count). The molecule has 1 fully saturated rings. The SMILES string of the molecule is CC/C(=C\C(=O)NC1CCN(C(N)=O)CC1)c1cccc(Cl)c1. The second kappa shape index (κ2) is 8.02. The molecule has 0 saturated carbocycles. The van der Waals surface area contributed by atoms with Crippen LogP contribution in [0.25, 0.3) is 5.57 Å². The number of primary amides is 1. The van der Waals surface area contributed by atoms with Gasteiger partial charge in [-0.1, -0.05) is 30.7 Å². The number of carbonyl (C=O) groups excluding carboxylic acids is 2. The fourth-order valence-electron chi connectivity index (χ4n) is 2.72. The molecular formula is C17H22ClN3O2. The highest BCUT2D eigenvalue weighted by molar-refractivity contribution is 6.30. The molecule has 23 heavy (non-hydrogen) atoms. The molecule has 5 nitrogen and oxygen atoms in total. The van der Waals surface area contributed by atoms with Gasteiger partial charge in [0, 0.05) is 30.2 Å². The van der Waals surface area contributed by atoms with Crippen LogP contribution >= 0.6 is 11.6 Å². The summed E-state index contributed by atoms with van der Waals surface area (Å²) in [6.07, 6.45) is 3.82. The van der Waals surface area contributed by atoms with Crippen molar-refractivity contribution in [2.45, 2.75) is 32.2 Å². The van der Waals surface area contributed by atoms with E-state index in [1.807, 2.05) is 31.2 Å². The number of carbonyl (C=O) groups is 2. The van der Waals surface area contributed by atoms with Crippen LogP contribution in [0.2, 0.25) is 5.02 Å². The van der Waals surface area contributed by atoms with Gasteiger partial charge < -0.3 is 16.0 Å². The zero-order valence-corrected chi connectivity index (χ0v) is 14.0. The number of urea groups is 1. The highest BCUT2D eigenvalue weighted by Gasteiger charge is 2.22. The van der Waals surface area contributed by atoms with Crippen molar-refractivity contribution < 1.29 is 9.59 Å². The summed E-state index contributed by atoms with van der Waals surface area (Å²) < 4.78 is 0. The van der Waals surface area contributed by atoms with E-state index in [1.165, 1.54) is 0 Å². The van der Waals surface area contributed by atoms with E-state index in [4.69, 9.17) is 17.3 Å². The fourth-order valence-corrected chi connectivity index (χ4v) is 2.91. The molecule has 0 spiro atoms. The van der Waals surface area contributed by atoms with E-state index in [1.54, 1.807) is 11.0 Å². The van der Waals surface area contributed by atoms with Crippen molar-refractivity contribution in [3.8, 4) is 0 Å². The quantitative estimate of drug-likeness (QED) is 0.830. The molecule has 0 bridgehead atoms. The Balaban J connectivity index is 1.96. The molecule has 0 atom stereocenters. The number of halogens is 1. The van der Waals surface area contributed by atoms with Crippen LogP contribution in [0, 0.1) is 0 Å². The first-order valence-corrected chi connectivity index (χ1v) is 8.18. The molecule has 1 saturated heterocycles. The minimum absolute atomic E-state index is 0.0758. The normalized spacial score (nSPS) is 16.3. The van der Waals surface area contributed by atoms with E-state index >= 15 is 0 Å². The summed E-state index contributed by atoms with van der Waals surface area (Å²) in [5.41, 5.74) is 7.15. The Bertz CT molecular complexity index is 608. The molecule has 3 N–H and O–H groups in total. The molecule has 0 radical (unpaired) electrons. The van der Waals surface area contributed by atoms with Crippen LogP contribution in [0.4, 0.5) is 4.79 Å². The lowest BCUT2D eigenvalue weighted by molar-refractivity contribution is -0.117. The Kier molecular flexibility index (Phi) is 6.04. The Morgan fingerprint density at radius 3 is 2.65 bits per heavy atom. The Hall–Kier alpha value is -2.01. The predicted molar refractivity (Wildman–Crippen MR) is 92.0 cm³/mol. The first-order chi connectivity index (χ1) is 11.0. The molecule has 0 unspecified atom stereocenters. The second-order valence-corrected chi connectivity index (χ2v) is 6.08. The molecule has 0 aromatic heterocycles. The molecule has 1 aromatic rings. The summed E-state index contributed by atoms with van der Waals surface area (Å²) in [7, 11) is 0. The molecule has 1 aliphatic heterocycles. The Morgan fingerprint density at radius 2 is 2.09 bits per heavy atom. The number of hydrogen-bond acceptors (Lipinski definition) is 2. The van der Waals surface area contributed by atoms with Crippen molar-refractivity contribution in [2.75, 3.05) is 13.1 Å². The van der Waals surface area contributed by atoms with E-state index in [0.29, 0.717) is 18.1 Å². The van der Waals surface area contributed by atoms with Gasteiger partial charge in [-0.2, -0.15) is 0 Å². The van der Waals surface area contributed by atoms with Gasteiger partial charge in [-0.15, -0.1) is 0 Å². The average molecular weight is 336 g/mol. The number of hydrogen-bond donors (Lipinski definition) is 2. The number of nitrogens with one attached hydrogen (secondary N) is 1. The second-order valence-electron chi connectivity index (χ2n) is 5.64. The maximum atomic E-state index is 12.2. The van der Waals surface area contributed by atoms with Gasteiger partial charge in [-0.05, 0) is 42.5 Å². The van der Waals surface area contributed by atoms with Crippen LogP contribution in [-0.2, 0) is 4.79 Å². The maximum Gasteiger partial charge on any atom is 0.314 e. The van der Waals surface area contributed by atoms with Gasteiger partial charge in [0.25, 0.3) is 0 Å². The predicted octanol–water partition coefficient (Wildman–Crippen LogP) is 2.79. The van der Waals surface area contributed by atoms with Crippen molar-refractivity contribution in [1.82, 2.24) is 10.2 Å². The van der Waals surface area contributed by atoms with Gasteiger partial charge in [-0.3, -0.25) is 4.79 Å². The zero-order chi connectivity index (χ0) is 16.8. The molecule has 6 heteroatoms. The summed E-state index contributed by atoms with van der Waals surface area (Å²) >= 11 is 6.01. The highest BCUT2D eigenvalue weighted by atomic mass is 35.5. The minimum Gasteiger partial charge on any atom is -0.351 e. The van der Waals surface area contributed by atoms with Crippen LogP contribution in [0.3, 0.4) is 0 Å². The first-order valence-electron chi connectivity index (χ1n) is 7.81. The molecule has 1 aromatic carbocycles. The summed E-state index contributed by atoms with van der Waals surface area (Å²) in [4.78, 5) is 24.9. The number of rotatable bonds is 4. The van der Waals surface area contributed by atoms with E-state index in [9.17, 15) is 9.59 Å². The molecule has 0 aliphatic carbocycles. The van der Waals surface area contributed by atoms with E-state index in [2.05, 4.69) is 5.32 Å². The van der Waals surface area contributed by atoms with Gasteiger partial charge in [0.2, 0.25) is 5.91 Å². The smallest absolute Gasteiger partial charge is 0.314 e. The van der Waals surface area contributed by atoms with Gasteiger partial charge in [-0.25, -0.2) is 4.79 Å². The van der Waals surface area contributed by atoms with E-state index in [0.717, 1.165) is 30.4 Å². The standard InChI is InChI=1S/C17H22ClN3O2/c1-2-12(13-4-3-5-14(18)10-13)11-16(22)20-15-6-8-21(9-7-15)17(19)23/h3-5,10-11,15H,2,6-9H2,1H3,(H2,19,23)(H,20,22)/b12-11+. The van der Waals surface area contributed by atoms with Crippen molar-refractivity contribution in [3.05, 3.63) is 40.9 Å². The fraction of sp³-hybridized carbons (Fsp3) is 0.412. The lowest BCUT2D eigenvalue weighted by atomic mass is 10.0. The third-order valence-electron chi connectivity index (χ3n) is 4.03. The molecule has 124 valence electrons. The molecule has 1 heterocycles. The summed E-state index contributed by atoms with van der Waals surface area (Å²) in [6, 6.07) is 7.16. The van der Waals surface area contributed by atoms with Gasteiger partial charge >= 0.3 is 6.03 Å². The summed E-state index contributed by atoms with van der Waals surface area (Å²) in [5.74, 6) is -0.112. The number of amides is 3. The summed E-state index contributed by atoms with van der Waals surface area (Å²) in [5, 5.41) is 3.65. The number of nitrogens with zero attached hydrogens (tertiary/aromatic N) is 1. The summed E-state index contributed by atoms with van der Waals surface area (Å²) in [6.45, 7) is 3.17. The number of benzene rings is 1. The average Bonchev–Trinajstić information content (AvgIpc) is 2.53. The number of likely N-dealkylation sites (tertiary alicyclic amines) is 1. The van der Waals surface area contributed by atoms with Crippen molar-refractivity contribution in [1.29, 1.82) is 0 Å². The van der Waals surface area contributed by atoms with Gasteiger partial charge in [0.1, 0.15) is 0 Å². The van der Waals surface area contributed by atoms with Crippen LogP contribution in [-0.4, -0.2) is 36.0 Å². The highest BCUT2D eigenvalue weighted by Crippen LogP contribution is 2.21. The zero-order valence-electron chi connectivity index (χ0n) is 13.2. The van der Waals surface area contributed by atoms with Crippen molar-refractivity contribution in [2.24, 2.45) is 5.73 Å². The van der Waals surface area contributed by atoms with Crippen LogP contribution in [0.15, 0.2) is 30.3 Å². The Labute approximate surface area is 141 Å². The lowest BCUT2D eigenvalue weighted by Crippen LogP contribution is -2.47. The third kappa shape index (κ3) is 4.99. The first kappa shape index (κ1) is 17.3. The number of piperidine rings is 1. The topological polar surface area (TPSA) is 75.4 Å². The maximum absolute atomic E-state index is 12.2. The molecule has 3 amide bonds. The van der Waals surface area contributed by atoms with Gasteiger partial charge in [0.15, 0.2) is 0 Å².